The molecule has 86 valence electrons. The first-order valence-electron chi connectivity index (χ1n) is 5.37. The Morgan fingerprint density at radius 3 is 2.59 bits per heavy atom. The zero-order valence-electron chi connectivity index (χ0n) is 9.55. The molecule has 1 N–H and O–H groups in total. The third-order valence-corrected chi connectivity index (χ3v) is 2.39. The SMILES string of the molecule is CC(=O)c1ccc(NCc2cccnn2)cc1. The smallest absolute Gasteiger partial charge is 0.159 e. The van der Waals surface area contributed by atoms with Gasteiger partial charge in [-0.25, -0.2) is 0 Å². The Bertz CT molecular complexity index is 494. The van der Waals surface area contributed by atoms with Gasteiger partial charge in [0.1, 0.15) is 0 Å². The van der Waals surface area contributed by atoms with Crippen LogP contribution in [0.25, 0.3) is 0 Å². The summed E-state index contributed by atoms with van der Waals surface area (Å²) in [5.74, 6) is 0.0745. The van der Waals surface area contributed by atoms with Crippen molar-refractivity contribution in [3.05, 3.63) is 53.9 Å². The van der Waals surface area contributed by atoms with Gasteiger partial charge in [-0.1, -0.05) is 0 Å². The third kappa shape index (κ3) is 3.11. The molecule has 0 aliphatic carbocycles. The lowest BCUT2D eigenvalue weighted by molar-refractivity contribution is 0.101. The van der Waals surface area contributed by atoms with Crippen LogP contribution in [0.3, 0.4) is 0 Å². The molecule has 2 rings (SSSR count). The van der Waals surface area contributed by atoms with E-state index in [2.05, 4.69) is 15.5 Å². The molecule has 2 aromatic rings. The van der Waals surface area contributed by atoms with Gasteiger partial charge in [-0.15, -0.1) is 0 Å². The Kier molecular flexibility index (Phi) is 3.45. The molecule has 0 radical (unpaired) electrons. The summed E-state index contributed by atoms with van der Waals surface area (Å²) in [5.41, 5.74) is 2.55. The van der Waals surface area contributed by atoms with Crippen LogP contribution in [0.5, 0.6) is 0 Å². The van der Waals surface area contributed by atoms with Gasteiger partial charge in [0.25, 0.3) is 0 Å². The molecule has 1 heterocycles. The molecule has 0 saturated carbocycles. The van der Waals surface area contributed by atoms with Crippen LogP contribution in [0.2, 0.25) is 0 Å². The second-order valence-electron chi connectivity index (χ2n) is 3.70. The van der Waals surface area contributed by atoms with Crippen molar-refractivity contribution in [2.24, 2.45) is 0 Å². The van der Waals surface area contributed by atoms with Crippen molar-refractivity contribution in [2.75, 3.05) is 5.32 Å². The van der Waals surface area contributed by atoms with Crippen LogP contribution in [-0.4, -0.2) is 16.0 Å². The first kappa shape index (κ1) is 11.3. The number of rotatable bonds is 4. The summed E-state index contributed by atoms with van der Waals surface area (Å²) >= 11 is 0. The number of carbonyl (C=O) groups excluding carboxylic acids is 1. The van der Waals surface area contributed by atoms with Gasteiger partial charge in [-0.3, -0.25) is 4.79 Å². The van der Waals surface area contributed by atoms with E-state index in [0.29, 0.717) is 6.54 Å². The summed E-state index contributed by atoms with van der Waals surface area (Å²) in [6.07, 6.45) is 1.64. The lowest BCUT2D eigenvalue weighted by atomic mass is 10.1. The molecule has 0 fully saturated rings. The summed E-state index contributed by atoms with van der Waals surface area (Å²) in [4.78, 5) is 11.1. The van der Waals surface area contributed by atoms with Crippen molar-refractivity contribution in [1.29, 1.82) is 0 Å². The number of anilines is 1. The number of aromatic nitrogens is 2. The number of nitrogens with zero attached hydrogens (tertiary/aromatic N) is 2. The normalized spacial score (nSPS) is 9.94. The monoisotopic (exact) mass is 227 g/mol. The van der Waals surface area contributed by atoms with Crippen molar-refractivity contribution in [2.45, 2.75) is 13.5 Å². The fourth-order valence-electron chi connectivity index (χ4n) is 1.44. The highest BCUT2D eigenvalue weighted by molar-refractivity contribution is 5.94. The average Bonchev–Trinajstić information content (AvgIpc) is 2.38. The Labute approximate surface area is 99.7 Å². The van der Waals surface area contributed by atoms with Gasteiger partial charge in [-0.2, -0.15) is 10.2 Å². The van der Waals surface area contributed by atoms with Crippen LogP contribution >= 0.6 is 0 Å². The molecule has 0 saturated heterocycles. The van der Waals surface area contributed by atoms with Crippen molar-refractivity contribution in [3.8, 4) is 0 Å². The van der Waals surface area contributed by atoms with Crippen molar-refractivity contribution in [1.82, 2.24) is 10.2 Å². The molecule has 0 unspecified atom stereocenters. The standard InChI is InChI=1S/C13H13N3O/c1-10(17)11-4-6-12(7-5-11)14-9-13-3-2-8-15-16-13/h2-8,14H,9H2,1H3. The predicted molar refractivity (Wildman–Crippen MR) is 65.8 cm³/mol. The van der Waals surface area contributed by atoms with Crippen molar-refractivity contribution < 1.29 is 4.79 Å². The molecule has 4 nitrogen and oxygen atoms in total. The van der Waals surface area contributed by atoms with Crippen LogP contribution in [0, 0.1) is 0 Å². The Morgan fingerprint density at radius 2 is 2.00 bits per heavy atom. The lowest BCUT2D eigenvalue weighted by Crippen LogP contribution is -2.02. The van der Waals surface area contributed by atoms with E-state index in [-0.39, 0.29) is 5.78 Å². The Hall–Kier alpha value is -2.23. The fraction of sp³-hybridized carbons (Fsp3) is 0.154. The molecule has 0 atom stereocenters. The summed E-state index contributed by atoms with van der Waals surface area (Å²) < 4.78 is 0. The Balaban J connectivity index is 1.98. The van der Waals surface area contributed by atoms with E-state index in [0.717, 1.165) is 16.9 Å². The zero-order valence-corrected chi connectivity index (χ0v) is 9.55. The fourth-order valence-corrected chi connectivity index (χ4v) is 1.44. The molecular formula is C13H13N3O. The van der Waals surface area contributed by atoms with Crippen LogP contribution in [-0.2, 0) is 6.54 Å². The second kappa shape index (κ2) is 5.21. The Morgan fingerprint density at radius 1 is 1.24 bits per heavy atom. The summed E-state index contributed by atoms with van der Waals surface area (Å²) in [5, 5.41) is 11.0. The first-order chi connectivity index (χ1) is 8.25. The van der Waals surface area contributed by atoms with Crippen LogP contribution < -0.4 is 5.32 Å². The number of Topliss-reactive ketones (excluding diaryl/α,β-unsaturated/α-hetero) is 1. The van der Waals surface area contributed by atoms with Crippen LogP contribution in [0.15, 0.2) is 42.6 Å². The quantitative estimate of drug-likeness (QED) is 0.814. The van der Waals surface area contributed by atoms with Gasteiger partial charge in [0, 0.05) is 17.4 Å². The number of benzene rings is 1. The van der Waals surface area contributed by atoms with E-state index >= 15 is 0 Å². The third-order valence-electron chi connectivity index (χ3n) is 2.39. The maximum absolute atomic E-state index is 11.1. The number of carbonyl (C=O) groups is 1. The maximum atomic E-state index is 11.1. The lowest BCUT2D eigenvalue weighted by Gasteiger charge is -2.05. The maximum Gasteiger partial charge on any atom is 0.159 e. The molecule has 0 amide bonds. The number of hydrogen-bond acceptors (Lipinski definition) is 4. The van der Waals surface area contributed by atoms with Crippen LogP contribution in [0.1, 0.15) is 23.0 Å². The molecular weight excluding hydrogens is 214 g/mol. The highest BCUT2D eigenvalue weighted by atomic mass is 16.1. The highest BCUT2D eigenvalue weighted by Gasteiger charge is 1.99. The number of hydrogen-bond donors (Lipinski definition) is 1. The summed E-state index contributed by atoms with van der Waals surface area (Å²) in [6, 6.07) is 11.1. The zero-order chi connectivity index (χ0) is 12.1. The molecule has 0 bridgehead atoms. The van der Waals surface area contributed by atoms with E-state index in [4.69, 9.17) is 0 Å². The topological polar surface area (TPSA) is 54.9 Å². The van der Waals surface area contributed by atoms with Gasteiger partial charge in [0.2, 0.25) is 0 Å². The molecule has 1 aromatic heterocycles. The second-order valence-corrected chi connectivity index (χ2v) is 3.70. The summed E-state index contributed by atoms with van der Waals surface area (Å²) in [7, 11) is 0. The average molecular weight is 227 g/mol. The van der Waals surface area contributed by atoms with Gasteiger partial charge < -0.3 is 5.32 Å². The van der Waals surface area contributed by atoms with Crippen molar-refractivity contribution >= 4 is 11.5 Å². The minimum atomic E-state index is 0.0745. The van der Waals surface area contributed by atoms with Crippen LogP contribution in [0.4, 0.5) is 5.69 Å². The van der Waals surface area contributed by atoms with Gasteiger partial charge in [-0.05, 0) is 43.3 Å². The molecule has 0 spiro atoms. The first-order valence-corrected chi connectivity index (χ1v) is 5.37. The van der Waals surface area contributed by atoms with Gasteiger partial charge in [0.05, 0.1) is 12.2 Å². The molecule has 0 aliphatic heterocycles. The number of nitrogens with one attached hydrogen (secondary N) is 1. The summed E-state index contributed by atoms with van der Waals surface area (Å²) in [6.45, 7) is 2.18. The predicted octanol–water partition coefficient (Wildman–Crippen LogP) is 2.29. The highest BCUT2D eigenvalue weighted by Crippen LogP contribution is 2.10. The van der Waals surface area contributed by atoms with Gasteiger partial charge >= 0.3 is 0 Å². The molecule has 1 aromatic carbocycles. The van der Waals surface area contributed by atoms with E-state index in [1.807, 2.05) is 24.3 Å². The molecule has 17 heavy (non-hydrogen) atoms. The van der Waals surface area contributed by atoms with E-state index in [1.165, 1.54) is 0 Å². The van der Waals surface area contributed by atoms with E-state index in [1.54, 1.807) is 25.3 Å². The molecule has 0 aliphatic rings. The molecule has 4 heteroatoms. The minimum Gasteiger partial charge on any atom is -0.379 e. The minimum absolute atomic E-state index is 0.0745. The van der Waals surface area contributed by atoms with Gasteiger partial charge in [0.15, 0.2) is 5.78 Å². The van der Waals surface area contributed by atoms with Crippen molar-refractivity contribution in [3.63, 3.8) is 0 Å². The largest absolute Gasteiger partial charge is 0.379 e. The van der Waals surface area contributed by atoms with E-state index in [9.17, 15) is 4.79 Å². The number of ketones is 1. The van der Waals surface area contributed by atoms with E-state index < -0.39 is 0 Å².